The van der Waals surface area contributed by atoms with Gasteiger partial charge in [0.2, 0.25) is 0 Å². The van der Waals surface area contributed by atoms with Crippen LogP contribution in [0.1, 0.15) is 18.4 Å². The van der Waals surface area contributed by atoms with Crippen LogP contribution in [0.3, 0.4) is 0 Å². The number of benzene rings is 1. The standard InChI is InChI=1S/C18H22N2O/c1-21-16-6-7-18-17(10-16)14(11-19-18)8-9-20-12-13-2-4-15(20)5-3-13/h2,4,6-7,10-11,13,15,19H,3,5,8-9,12H2,1H3. The molecule has 5 rings (SSSR count). The average molecular weight is 282 g/mol. The van der Waals surface area contributed by atoms with E-state index in [0.717, 1.165) is 24.6 Å². The van der Waals surface area contributed by atoms with Crippen LogP contribution >= 0.6 is 0 Å². The Morgan fingerprint density at radius 1 is 1.29 bits per heavy atom. The maximum Gasteiger partial charge on any atom is 0.119 e. The van der Waals surface area contributed by atoms with Crippen LogP contribution in [-0.2, 0) is 6.42 Å². The first-order valence-electron chi connectivity index (χ1n) is 7.90. The minimum atomic E-state index is 0.676. The van der Waals surface area contributed by atoms with Crippen molar-refractivity contribution in [3.05, 3.63) is 42.1 Å². The number of nitrogens with zero attached hydrogens (tertiary/aromatic N) is 1. The van der Waals surface area contributed by atoms with Gasteiger partial charge >= 0.3 is 0 Å². The van der Waals surface area contributed by atoms with E-state index in [0.29, 0.717) is 6.04 Å². The summed E-state index contributed by atoms with van der Waals surface area (Å²) in [6, 6.07) is 6.93. The van der Waals surface area contributed by atoms with Gasteiger partial charge in [-0.1, -0.05) is 12.2 Å². The summed E-state index contributed by atoms with van der Waals surface area (Å²) in [5.41, 5.74) is 2.60. The van der Waals surface area contributed by atoms with Gasteiger partial charge in [-0.25, -0.2) is 0 Å². The lowest BCUT2D eigenvalue weighted by Gasteiger charge is -2.41. The summed E-state index contributed by atoms with van der Waals surface area (Å²) in [6.07, 6.45) is 10.8. The van der Waals surface area contributed by atoms with Gasteiger partial charge in [0, 0.05) is 36.2 Å². The first-order valence-corrected chi connectivity index (χ1v) is 7.90. The summed E-state index contributed by atoms with van der Waals surface area (Å²) < 4.78 is 5.35. The average Bonchev–Trinajstić information content (AvgIpc) is 2.96. The minimum Gasteiger partial charge on any atom is -0.497 e. The van der Waals surface area contributed by atoms with Crippen LogP contribution in [0.4, 0.5) is 0 Å². The first kappa shape index (κ1) is 13.0. The smallest absolute Gasteiger partial charge is 0.119 e. The van der Waals surface area contributed by atoms with Crippen LogP contribution in [0.5, 0.6) is 5.75 Å². The molecule has 1 aliphatic carbocycles. The molecule has 0 saturated carbocycles. The molecule has 0 amide bonds. The van der Waals surface area contributed by atoms with Crippen molar-refractivity contribution in [3.63, 3.8) is 0 Å². The highest BCUT2D eigenvalue weighted by atomic mass is 16.5. The molecule has 2 unspecified atom stereocenters. The van der Waals surface area contributed by atoms with Crippen LogP contribution < -0.4 is 4.74 Å². The van der Waals surface area contributed by atoms with Crippen LogP contribution in [0.15, 0.2) is 36.5 Å². The zero-order valence-corrected chi connectivity index (χ0v) is 12.5. The Morgan fingerprint density at radius 3 is 2.95 bits per heavy atom. The van der Waals surface area contributed by atoms with Crippen molar-refractivity contribution in [1.29, 1.82) is 0 Å². The van der Waals surface area contributed by atoms with Crippen LogP contribution in [0.2, 0.25) is 0 Å². The fourth-order valence-electron chi connectivity index (χ4n) is 3.77. The molecule has 1 aromatic heterocycles. The number of piperidine rings is 1. The molecule has 1 fully saturated rings. The summed E-state index contributed by atoms with van der Waals surface area (Å²) >= 11 is 0. The number of aromatic amines is 1. The number of hydrogen-bond donors (Lipinski definition) is 1. The highest BCUT2D eigenvalue weighted by Gasteiger charge is 2.29. The van der Waals surface area contributed by atoms with Gasteiger partial charge in [0.05, 0.1) is 7.11 Å². The second-order valence-corrected chi connectivity index (χ2v) is 6.26. The van der Waals surface area contributed by atoms with Gasteiger partial charge < -0.3 is 9.72 Å². The number of hydrogen-bond acceptors (Lipinski definition) is 2. The quantitative estimate of drug-likeness (QED) is 0.871. The normalized spacial score (nSPS) is 24.8. The molecule has 0 radical (unpaired) electrons. The zero-order chi connectivity index (χ0) is 14.2. The van der Waals surface area contributed by atoms with E-state index in [9.17, 15) is 0 Å². The maximum atomic E-state index is 5.35. The molecule has 1 saturated heterocycles. The molecule has 3 heterocycles. The monoisotopic (exact) mass is 282 g/mol. The van der Waals surface area contributed by atoms with Gasteiger partial charge in [0.1, 0.15) is 5.75 Å². The zero-order valence-electron chi connectivity index (χ0n) is 12.5. The molecule has 1 N–H and O–H groups in total. The lowest BCUT2D eigenvalue weighted by atomic mass is 9.86. The Kier molecular flexibility index (Phi) is 3.23. The van der Waals surface area contributed by atoms with Gasteiger partial charge in [-0.15, -0.1) is 0 Å². The lowest BCUT2D eigenvalue weighted by molar-refractivity contribution is 0.139. The van der Waals surface area contributed by atoms with E-state index in [2.05, 4.69) is 40.4 Å². The Labute approximate surface area is 125 Å². The lowest BCUT2D eigenvalue weighted by Crippen LogP contribution is -2.45. The Morgan fingerprint density at radius 2 is 2.24 bits per heavy atom. The molecule has 2 aliphatic heterocycles. The number of rotatable bonds is 4. The molecular weight excluding hydrogens is 260 g/mol. The SMILES string of the molecule is COc1ccc2[nH]cc(CCN3CC4C=CC3CC4)c2c1. The predicted octanol–water partition coefficient (Wildman–Crippen LogP) is 3.37. The second kappa shape index (κ2) is 5.23. The Balaban J connectivity index is 1.51. The third kappa shape index (κ3) is 2.36. The van der Waals surface area contributed by atoms with E-state index in [1.54, 1.807) is 7.11 Å². The van der Waals surface area contributed by atoms with Gasteiger partial charge in [-0.3, -0.25) is 4.90 Å². The maximum absolute atomic E-state index is 5.35. The topological polar surface area (TPSA) is 28.3 Å². The van der Waals surface area contributed by atoms with Crippen LogP contribution in [0.25, 0.3) is 10.9 Å². The summed E-state index contributed by atoms with van der Waals surface area (Å²) in [7, 11) is 1.73. The summed E-state index contributed by atoms with van der Waals surface area (Å²) in [6.45, 7) is 2.39. The van der Waals surface area contributed by atoms with E-state index in [1.807, 2.05) is 6.07 Å². The Bertz CT molecular complexity index is 673. The van der Waals surface area contributed by atoms with Crippen LogP contribution in [0, 0.1) is 5.92 Å². The molecule has 2 atom stereocenters. The third-order valence-electron chi connectivity index (χ3n) is 5.02. The fourth-order valence-corrected chi connectivity index (χ4v) is 3.77. The molecule has 1 aromatic carbocycles. The third-order valence-corrected chi connectivity index (χ3v) is 5.02. The number of methoxy groups -OCH3 is 1. The van der Waals surface area contributed by atoms with E-state index in [-0.39, 0.29) is 0 Å². The van der Waals surface area contributed by atoms with Gasteiger partial charge in [0.15, 0.2) is 0 Å². The molecule has 2 bridgehead atoms. The fraction of sp³-hybridized carbons (Fsp3) is 0.444. The number of ether oxygens (including phenoxy) is 1. The van der Waals surface area contributed by atoms with Crippen LogP contribution in [-0.4, -0.2) is 36.1 Å². The summed E-state index contributed by atoms with van der Waals surface area (Å²) in [5, 5.41) is 1.30. The molecular formula is C18H22N2O. The first-order chi connectivity index (χ1) is 10.3. The predicted molar refractivity (Wildman–Crippen MR) is 85.8 cm³/mol. The number of fused-ring (bicyclic) bond motifs is 3. The van der Waals surface area contributed by atoms with E-state index in [4.69, 9.17) is 4.74 Å². The Hall–Kier alpha value is -1.74. The van der Waals surface area contributed by atoms with Crippen molar-refractivity contribution >= 4 is 10.9 Å². The van der Waals surface area contributed by atoms with E-state index < -0.39 is 0 Å². The van der Waals surface area contributed by atoms with Gasteiger partial charge in [-0.2, -0.15) is 0 Å². The van der Waals surface area contributed by atoms with Crippen molar-refractivity contribution in [2.45, 2.75) is 25.3 Å². The highest BCUT2D eigenvalue weighted by molar-refractivity contribution is 5.84. The minimum absolute atomic E-state index is 0.676. The molecule has 3 nitrogen and oxygen atoms in total. The second-order valence-electron chi connectivity index (χ2n) is 6.26. The van der Waals surface area contributed by atoms with Crippen molar-refractivity contribution in [3.8, 4) is 5.75 Å². The highest BCUT2D eigenvalue weighted by Crippen LogP contribution is 2.30. The molecule has 110 valence electrons. The number of nitrogens with one attached hydrogen (secondary N) is 1. The van der Waals surface area contributed by atoms with Gasteiger partial charge in [0.25, 0.3) is 0 Å². The molecule has 2 aromatic rings. The van der Waals surface area contributed by atoms with Crippen molar-refractivity contribution in [2.75, 3.05) is 20.2 Å². The summed E-state index contributed by atoms with van der Waals surface area (Å²) in [5.74, 6) is 1.72. The van der Waals surface area contributed by atoms with Gasteiger partial charge in [-0.05, 0) is 48.9 Å². The molecule has 3 aliphatic rings. The molecule has 3 heteroatoms. The van der Waals surface area contributed by atoms with Crippen molar-refractivity contribution in [1.82, 2.24) is 9.88 Å². The van der Waals surface area contributed by atoms with Crippen molar-refractivity contribution < 1.29 is 4.74 Å². The number of aromatic nitrogens is 1. The molecule has 0 spiro atoms. The van der Waals surface area contributed by atoms with E-state index in [1.165, 1.54) is 35.9 Å². The summed E-state index contributed by atoms with van der Waals surface area (Å²) in [4.78, 5) is 6.02. The largest absolute Gasteiger partial charge is 0.497 e. The van der Waals surface area contributed by atoms with E-state index >= 15 is 0 Å². The molecule has 21 heavy (non-hydrogen) atoms. The number of H-pyrrole nitrogens is 1. The van der Waals surface area contributed by atoms with Crippen molar-refractivity contribution in [2.24, 2.45) is 5.92 Å².